The highest BCUT2D eigenvalue weighted by Crippen LogP contribution is 2.44. The Labute approximate surface area is 188 Å². The molecule has 0 spiro atoms. The van der Waals surface area contributed by atoms with Crippen LogP contribution in [0.2, 0.25) is 0 Å². The average molecular weight is 409 g/mol. The van der Waals surface area contributed by atoms with Crippen LogP contribution in [-0.4, -0.2) is 0 Å². The van der Waals surface area contributed by atoms with Crippen LogP contribution in [0.4, 0.5) is 0 Å². The minimum Gasteiger partial charge on any atom is -0.0616 e. The molecule has 0 aliphatic rings. The van der Waals surface area contributed by atoms with Crippen LogP contribution in [0.25, 0.3) is 54.6 Å². The Morgan fingerprint density at radius 2 is 0.750 bits per heavy atom. The molecule has 6 aromatic rings. The van der Waals surface area contributed by atoms with Crippen LogP contribution in [-0.2, 0) is 0 Å². The number of hydrogen-bond acceptors (Lipinski definition) is 0. The van der Waals surface area contributed by atoms with E-state index in [1.807, 2.05) is 0 Å². The number of aryl methyl sites for hydroxylation is 2. The maximum atomic E-state index is 2.38. The van der Waals surface area contributed by atoms with Crippen molar-refractivity contribution in [2.75, 3.05) is 0 Å². The highest BCUT2D eigenvalue weighted by atomic mass is 14.2. The van der Waals surface area contributed by atoms with Crippen LogP contribution in [0.5, 0.6) is 0 Å². The molecular weight excluding hydrogens is 384 g/mol. The monoisotopic (exact) mass is 408 g/mol. The molecule has 0 aliphatic heterocycles. The molecule has 0 fully saturated rings. The van der Waals surface area contributed by atoms with Gasteiger partial charge in [0.15, 0.2) is 0 Å². The van der Waals surface area contributed by atoms with Gasteiger partial charge < -0.3 is 0 Å². The normalized spacial score (nSPS) is 11.4. The second-order valence-electron chi connectivity index (χ2n) is 8.77. The third kappa shape index (κ3) is 2.99. The summed E-state index contributed by atoms with van der Waals surface area (Å²) in [4.78, 5) is 0. The topological polar surface area (TPSA) is 0 Å². The van der Waals surface area contributed by atoms with Gasteiger partial charge >= 0.3 is 0 Å². The number of rotatable bonds is 2. The van der Waals surface area contributed by atoms with Crippen LogP contribution in [0.1, 0.15) is 11.1 Å². The Kier molecular flexibility index (Phi) is 4.33. The minimum absolute atomic E-state index is 1.27. The van der Waals surface area contributed by atoms with E-state index in [9.17, 15) is 0 Å². The van der Waals surface area contributed by atoms with Crippen LogP contribution in [0.3, 0.4) is 0 Å². The van der Waals surface area contributed by atoms with Crippen molar-refractivity contribution in [1.29, 1.82) is 0 Å². The van der Waals surface area contributed by atoms with Crippen molar-refractivity contribution in [2.45, 2.75) is 13.8 Å². The van der Waals surface area contributed by atoms with Gasteiger partial charge in [-0.05, 0) is 80.6 Å². The third-order valence-electron chi connectivity index (χ3n) is 6.57. The zero-order valence-corrected chi connectivity index (χ0v) is 18.4. The standard InChI is InChI=1S/C32H24/c1-21-11-15-23(16-12-21)31-27-9-5-6-10-28(27)32(24-17-13-22(2)14-18-24)30-20-26-8-4-3-7-25(26)19-29(30)31/h3-20H,1-2H3. The van der Waals surface area contributed by atoms with Gasteiger partial charge in [-0.3, -0.25) is 0 Å². The lowest BCUT2D eigenvalue weighted by Crippen LogP contribution is -1.91. The highest BCUT2D eigenvalue weighted by Gasteiger charge is 2.17. The molecule has 6 rings (SSSR count). The van der Waals surface area contributed by atoms with E-state index >= 15 is 0 Å². The van der Waals surface area contributed by atoms with Gasteiger partial charge in [-0.25, -0.2) is 0 Å². The fourth-order valence-electron chi connectivity index (χ4n) is 4.93. The predicted molar refractivity (Wildman–Crippen MR) is 139 cm³/mol. The quantitative estimate of drug-likeness (QED) is 0.251. The maximum absolute atomic E-state index is 2.38. The summed E-state index contributed by atoms with van der Waals surface area (Å²) >= 11 is 0. The van der Waals surface area contributed by atoms with Gasteiger partial charge in [0.25, 0.3) is 0 Å². The Bertz CT molecular complexity index is 1480. The fourth-order valence-corrected chi connectivity index (χ4v) is 4.93. The van der Waals surface area contributed by atoms with E-state index in [-0.39, 0.29) is 0 Å². The van der Waals surface area contributed by atoms with Crippen molar-refractivity contribution < 1.29 is 0 Å². The van der Waals surface area contributed by atoms with Gasteiger partial charge in [0.1, 0.15) is 0 Å². The summed E-state index contributed by atoms with van der Waals surface area (Å²) in [5, 5.41) is 7.77. The van der Waals surface area contributed by atoms with E-state index in [2.05, 4.69) is 123 Å². The molecule has 0 amide bonds. The molecule has 0 heteroatoms. The summed E-state index contributed by atoms with van der Waals surface area (Å²) in [5.41, 5.74) is 7.73. The van der Waals surface area contributed by atoms with E-state index in [4.69, 9.17) is 0 Å². The minimum atomic E-state index is 1.27. The number of hydrogen-bond donors (Lipinski definition) is 0. The van der Waals surface area contributed by atoms with E-state index in [0.29, 0.717) is 0 Å². The molecule has 0 unspecified atom stereocenters. The van der Waals surface area contributed by atoms with Gasteiger partial charge in [0.2, 0.25) is 0 Å². The molecule has 0 atom stereocenters. The van der Waals surface area contributed by atoms with Gasteiger partial charge in [0.05, 0.1) is 0 Å². The zero-order chi connectivity index (χ0) is 21.7. The average Bonchev–Trinajstić information content (AvgIpc) is 2.83. The maximum Gasteiger partial charge on any atom is -0.00261 e. The fraction of sp³-hybridized carbons (Fsp3) is 0.0625. The highest BCUT2D eigenvalue weighted by molar-refractivity contribution is 6.23. The Morgan fingerprint density at radius 3 is 1.16 bits per heavy atom. The Balaban J connectivity index is 1.85. The van der Waals surface area contributed by atoms with Gasteiger partial charge in [-0.15, -0.1) is 0 Å². The molecule has 0 saturated heterocycles. The SMILES string of the molecule is Cc1ccc(-c2c3ccccc3c(-c3ccc(C)cc3)c3cc4ccccc4cc23)cc1. The molecule has 0 N–H and O–H groups in total. The number of benzene rings is 6. The first-order valence-corrected chi connectivity index (χ1v) is 11.2. The smallest absolute Gasteiger partial charge is 0.00261 e. The van der Waals surface area contributed by atoms with Crippen LogP contribution in [0.15, 0.2) is 109 Å². The van der Waals surface area contributed by atoms with E-state index in [0.717, 1.165) is 0 Å². The van der Waals surface area contributed by atoms with Gasteiger partial charge in [-0.2, -0.15) is 0 Å². The molecule has 0 aliphatic carbocycles. The van der Waals surface area contributed by atoms with Crippen LogP contribution in [0, 0.1) is 13.8 Å². The zero-order valence-electron chi connectivity index (χ0n) is 18.4. The van der Waals surface area contributed by atoms with Crippen molar-refractivity contribution in [1.82, 2.24) is 0 Å². The Hall–Kier alpha value is -3.90. The molecule has 0 heterocycles. The molecule has 32 heavy (non-hydrogen) atoms. The second-order valence-corrected chi connectivity index (χ2v) is 8.77. The van der Waals surface area contributed by atoms with Crippen molar-refractivity contribution in [2.24, 2.45) is 0 Å². The van der Waals surface area contributed by atoms with Crippen molar-refractivity contribution in [3.05, 3.63) is 120 Å². The summed E-state index contributed by atoms with van der Waals surface area (Å²) in [7, 11) is 0. The van der Waals surface area contributed by atoms with Crippen LogP contribution < -0.4 is 0 Å². The molecule has 0 radical (unpaired) electrons. The molecule has 0 saturated carbocycles. The van der Waals surface area contributed by atoms with E-state index < -0.39 is 0 Å². The van der Waals surface area contributed by atoms with Crippen molar-refractivity contribution >= 4 is 32.3 Å². The molecule has 0 nitrogen and oxygen atoms in total. The summed E-state index contributed by atoms with van der Waals surface area (Å²) in [6, 6.07) is 40.2. The van der Waals surface area contributed by atoms with Gasteiger partial charge in [-0.1, -0.05) is 108 Å². The lowest BCUT2D eigenvalue weighted by molar-refractivity contribution is 1.47. The van der Waals surface area contributed by atoms with E-state index in [1.165, 1.54) is 65.7 Å². The van der Waals surface area contributed by atoms with Gasteiger partial charge in [0, 0.05) is 0 Å². The number of fused-ring (bicyclic) bond motifs is 3. The summed E-state index contributed by atoms with van der Waals surface area (Å²) in [6.45, 7) is 4.29. The Morgan fingerprint density at radius 1 is 0.375 bits per heavy atom. The molecular formula is C32H24. The van der Waals surface area contributed by atoms with Crippen molar-refractivity contribution in [3.63, 3.8) is 0 Å². The van der Waals surface area contributed by atoms with Crippen molar-refractivity contribution in [3.8, 4) is 22.3 Å². The third-order valence-corrected chi connectivity index (χ3v) is 6.57. The molecule has 0 bridgehead atoms. The molecule has 152 valence electrons. The summed E-state index contributed by atoms with van der Waals surface area (Å²) in [6.07, 6.45) is 0. The van der Waals surface area contributed by atoms with E-state index in [1.54, 1.807) is 0 Å². The first kappa shape index (κ1) is 18.8. The lowest BCUT2D eigenvalue weighted by Gasteiger charge is -2.19. The molecule has 6 aromatic carbocycles. The first-order chi connectivity index (χ1) is 15.7. The second kappa shape index (κ2) is 7.35. The van der Waals surface area contributed by atoms with Crippen LogP contribution >= 0.6 is 0 Å². The largest absolute Gasteiger partial charge is 0.0616 e. The summed E-state index contributed by atoms with van der Waals surface area (Å²) < 4.78 is 0. The first-order valence-electron chi connectivity index (χ1n) is 11.2. The lowest BCUT2D eigenvalue weighted by atomic mass is 9.84. The predicted octanol–water partition coefficient (Wildman–Crippen LogP) is 9.10. The molecule has 0 aromatic heterocycles. The summed E-state index contributed by atoms with van der Waals surface area (Å²) in [5.74, 6) is 0.